The van der Waals surface area contributed by atoms with Crippen molar-refractivity contribution in [1.29, 1.82) is 0 Å². The van der Waals surface area contributed by atoms with Crippen molar-refractivity contribution in [3.8, 4) is 0 Å². The van der Waals surface area contributed by atoms with Gasteiger partial charge in [-0.2, -0.15) is 11.8 Å². The van der Waals surface area contributed by atoms with Crippen LogP contribution in [-0.4, -0.2) is 23.6 Å². The molecule has 0 aromatic heterocycles. The van der Waals surface area contributed by atoms with Gasteiger partial charge in [0.05, 0.1) is 13.0 Å². The number of hydrogen-bond donors (Lipinski definition) is 0. The van der Waals surface area contributed by atoms with E-state index in [1.54, 1.807) is 0 Å². The third-order valence-corrected chi connectivity index (χ3v) is 3.39. The Hall–Kier alpha value is -0.440. The van der Waals surface area contributed by atoms with Crippen molar-refractivity contribution in [3.63, 3.8) is 0 Å². The Balaban J connectivity index is 3.46. The van der Waals surface area contributed by atoms with Gasteiger partial charge in [-0.15, -0.1) is 0 Å². The van der Waals surface area contributed by atoms with Crippen LogP contribution >= 0.6 is 11.8 Å². The van der Waals surface area contributed by atoms with E-state index in [2.05, 4.69) is 32.9 Å². The number of carbonyl (C=O) groups is 1. The summed E-state index contributed by atoms with van der Waals surface area (Å²) in [4.78, 5) is 11.4. The van der Waals surface area contributed by atoms with Crippen LogP contribution in [0.3, 0.4) is 0 Å². The summed E-state index contributed by atoms with van der Waals surface area (Å²) in [6, 6.07) is 0. The van der Waals surface area contributed by atoms with Gasteiger partial charge in [0.2, 0.25) is 0 Å². The second-order valence-electron chi connectivity index (χ2n) is 3.77. The molecule has 0 aromatic carbocycles. The fourth-order valence-corrected chi connectivity index (χ4v) is 2.09. The second kappa shape index (κ2) is 11.1. The summed E-state index contributed by atoms with van der Waals surface area (Å²) in [5.74, 6) is 1.05. The normalized spacial score (nSPS) is 12.9. The first-order chi connectivity index (χ1) is 7.70. The molecule has 16 heavy (non-hydrogen) atoms. The van der Waals surface area contributed by atoms with Crippen LogP contribution in [0.2, 0.25) is 0 Å². The molecular formula is C13H24O2S. The van der Waals surface area contributed by atoms with E-state index in [1.807, 2.05) is 11.8 Å². The average molecular weight is 244 g/mol. The van der Waals surface area contributed by atoms with E-state index >= 15 is 0 Å². The van der Waals surface area contributed by atoms with Crippen LogP contribution in [0.5, 0.6) is 0 Å². The van der Waals surface area contributed by atoms with Gasteiger partial charge in [-0.3, -0.25) is 4.79 Å². The van der Waals surface area contributed by atoms with E-state index < -0.39 is 0 Å². The van der Waals surface area contributed by atoms with E-state index in [-0.39, 0.29) is 5.97 Å². The van der Waals surface area contributed by atoms with Crippen LogP contribution in [0.4, 0.5) is 0 Å². The molecule has 0 aliphatic carbocycles. The Labute approximate surface area is 104 Å². The van der Waals surface area contributed by atoms with Crippen LogP contribution in [-0.2, 0) is 9.53 Å². The highest BCUT2D eigenvalue weighted by molar-refractivity contribution is 7.99. The molecule has 1 unspecified atom stereocenters. The molecule has 1 atom stereocenters. The van der Waals surface area contributed by atoms with Gasteiger partial charge in [0.15, 0.2) is 0 Å². The summed E-state index contributed by atoms with van der Waals surface area (Å²) < 4.78 is 5.14. The largest absolute Gasteiger partial charge is 0.465 e. The monoisotopic (exact) mass is 244 g/mol. The number of carbonyl (C=O) groups excluding carboxylic acids is 1. The minimum absolute atomic E-state index is 0.0685. The van der Waals surface area contributed by atoms with Crippen molar-refractivity contribution in [1.82, 2.24) is 0 Å². The lowest BCUT2D eigenvalue weighted by Gasteiger charge is -2.09. The van der Waals surface area contributed by atoms with E-state index in [9.17, 15) is 4.79 Å². The molecular weight excluding hydrogens is 220 g/mol. The summed E-state index contributed by atoms with van der Waals surface area (Å²) in [5, 5.41) is 0.374. The molecule has 0 heterocycles. The van der Waals surface area contributed by atoms with E-state index in [0.717, 1.165) is 25.0 Å². The van der Waals surface area contributed by atoms with E-state index in [1.165, 1.54) is 0 Å². The standard InChI is InChI=1S/C13H24O2S/c1-4-6-7-8-9-15-13(14)11-12(3)16-10-5-2/h6-7,12H,4-5,8-11H2,1-3H3. The summed E-state index contributed by atoms with van der Waals surface area (Å²) in [7, 11) is 0. The Morgan fingerprint density at radius 2 is 2.12 bits per heavy atom. The Kier molecular flexibility index (Phi) is 10.8. The molecule has 0 spiro atoms. The third kappa shape index (κ3) is 10.1. The van der Waals surface area contributed by atoms with Gasteiger partial charge in [0, 0.05) is 5.25 Å². The summed E-state index contributed by atoms with van der Waals surface area (Å²) in [6.07, 6.45) is 7.71. The number of thioether (sulfide) groups is 1. The Morgan fingerprint density at radius 3 is 2.75 bits per heavy atom. The van der Waals surface area contributed by atoms with Gasteiger partial charge in [0.1, 0.15) is 0 Å². The molecule has 3 heteroatoms. The average Bonchev–Trinajstić information content (AvgIpc) is 2.26. The van der Waals surface area contributed by atoms with Crippen LogP contribution < -0.4 is 0 Å². The molecule has 0 fully saturated rings. The van der Waals surface area contributed by atoms with Crippen LogP contribution in [0, 0.1) is 0 Å². The Morgan fingerprint density at radius 1 is 1.38 bits per heavy atom. The smallest absolute Gasteiger partial charge is 0.306 e. The summed E-state index contributed by atoms with van der Waals surface area (Å²) in [5.41, 5.74) is 0. The van der Waals surface area contributed by atoms with Crippen LogP contribution in [0.15, 0.2) is 12.2 Å². The Bertz CT molecular complexity index is 202. The highest BCUT2D eigenvalue weighted by Crippen LogP contribution is 2.15. The number of ether oxygens (including phenoxy) is 1. The first kappa shape index (κ1) is 15.6. The van der Waals surface area contributed by atoms with Gasteiger partial charge in [0.25, 0.3) is 0 Å². The number of rotatable bonds is 9. The number of allylic oxidation sites excluding steroid dienone is 1. The molecule has 0 saturated heterocycles. The molecule has 0 saturated carbocycles. The molecule has 0 aliphatic rings. The fraction of sp³-hybridized carbons (Fsp3) is 0.769. The summed E-state index contributed by atoms with van der Waals surface area (Å²) >= 11 is 1.84. The molecule has 0 N–H and O–H groups in total. The van der Waals surface area contributed by atoms with E-state index in [4.69, 9.17) is 4.74 Å². The molecule has 0 rings (SSSR count). The number of esters is 1. The van der Waals surface area contributed by atoms with Crippen molar-refractivity contribution in [2.24, 2.45) is 0 Å². The highest BCUT2D eigenvalue weighted by atomic mass is 32.2. The van der Waals surface area contributed by atoms with Gasteiger partial charge in [-0.05, 0) is 25.0 Å². The molecule has 0 amide bonds. The maximum Gasteiger partial charge on any atom is 0.306 e. The predicted molar refractivity (Wildman–Crippen MR) is 71.8 cm³/mol. The molecule has 2 nitrogen and oxygen atoms in total. The molecule has 0 radical (unpaired) electrons. The topological polar surface area (TPSA) is 26.3 Å². The van der Waals surface area contributed by atoms with Gasteiger partial charge < -0.3 is 4.74 Å². The zero-order valence-corrected chi connectivity index (χ0v) is 11.5. The van der Waals surface area contributed by atoms with Crippen molar-refractivity contribution in [2.75, 3.05) is 12.4 Å². The quantitative estimate of drug-likeness (QED) is 0.350. The summed E-state index contributed by atoms with van der Waals surface area (Å²) in [6.45, 7) is 6.84. The lowest BCUT2D eigenvalue weighted by Crippen LogP contribution is -2.11. The van der Waals surface area contributed by atoms with Crippen molar-refractivity contribution in [3.05, 3.63) is 12.2 Å². The fourth-order valence-electron chi connectivity index (χ4n) is 1.20. The first-order valence-corrected chi connectivity index (χ1v) is 7.17. The van der Waals surface area contributed by atoms with Crippen LogP contribution in [0.25, 0.3) is 0 Å². The molecule has 0 aromatic rings. The number of hydrogen-bond acceptors (Lipinski definition) is 3. The van der Waals surface area contributed by atoms with Crippen molar-refractivity contribution in [2.45, 2.75) is 51.7 Å². The lowest BCUT2D eigenvalue weighted by atomic mass is 10.3. The minimum Gasteiger partial charge on any atom is -0.465 e. The zero-order chi connectivity index (χ0) is 12.2. The van der Waals surface area contributed by atoms with Crippen molar-refractivity contribution >= 4 is 17.7 Å². The van der Waals surface area contributed by atoms with Crippen LogP contribution in [0.1, 0.15) is 46.5 Å². The first-order valence-electron chi connectivity index (χ1n) is 6.12. The molecule has 94 valence electrons. The predicted octanol–water partition coefficient (Wildman–Crippen LogP) is 3.81. The highest BCUT2D eigenvalue weighted by Gasteiger charge is 2.09. The van der Waals surface area contributed by atoms with Gasteiger partial charge in [-0.1, -0.05) is 32.9 Å². The molecule has 0 bridgehead atoms. The molecule has 0 aliphatic heterocycles. The van der Waals surface area contributed by atoms with Gasteiger partial charge in [-0.25, -0.2) is 0 Å². The SMILES string of the molecule is CCC=CCCOC(=O)CC(C)SCCC. The second-order valence-corrected chi connectivity index (χ2v) is 5.32. The minimum atomic E-state index is -0.0685. The maximum absolute atomic E-state index is 11.4. The lowest BCUT2D eigenvalue weighted by molar-refractivity contribution is -0.143. The zero-order valence-electron chi connectivity index (χ0n) is 10.7. The van der Waals surface area contributed by atoms with Crippen molar-refractivity contribution < 1.29 is 9.53 Å². The van der Waals surface area contributed by atoms with E-state index in [0.29, 0.717) is 18.3 Å². The maximum atomic E-state index is 11.4. The third-order valence-electron chi connectivity index (χ3n) is 2.01. The van der Waals surface area contributed by atoms with Gasteiger partial charge >= 0.3 is 5.97 Å².